The van der Waals surface area contributed by atoms with Crippen LogP contribution in [0.3, 0.4) is 0 Å². The van der Waals surface area contributed by atoms with Gasteiger partial charge in [-0.25, -0.2) is 0 Å². The standard InChI is InChI=1S/C21H18ClN7O2S4/c22-14-5-3-4-13(10-14)11-16(30)24-18-26-28-20(34-18)32-8-9-33-21-29-27-19(35-21)25-17(31)12-15-6-1-2-7-23-15/h1-7,10H,8-9,11-12H2,(H,24,26,30)(H,25,27,31). The normalized spacial score (nSPS) is 10.8. The second kappa shape index (κ2) is 12.9. The zero-order valence-electron chi connectivity index (χ0n) is 18.0. The number of nitrogens with zero attached hydrogens (tertiary/aromatic N) is 5. The molecule has 0 aliphatic carbocycles. The quantitative estimate of drug-likeness (QED) is 0.152. The predicted molar refractivity (Wildman–Crippen MR) is 142 cm³/mol. The van der Waals surface area contributed by atoms with Gasteiger partial charge in [0.2, 0.25) is 22.1 Å². The summed E-state index contributed by atoms with van der Waals surface area (Å²) in [5.74, 6) is 1.20. The van der Waals surface area contributed by atoms with Crippen LogP contribution >= 0.6 is 57.8 Å². The lowest BCUT2D eigenvalue weighted by atomic mass is 10.1. The first kappa shape index (κ1) is 25.5. The van der Waals surface area contributed by atoms with Crippen molar-refractivity contribution < 1.29 is 9.59 Å². The van der Waals surface area contributed by atoms with Crippen molar-refractivity contribution in [2.45, 2.75) is 21.5 Å². The number of benzene rings is 1. The molecule has 0 radical (unpaired) electrons. The molecule has 0 atom stereocenters. The molecule has 0 unspecified atom stereocenters. The Labute approximate surface area is 222 Å². The Balaban J connectivity index is 1.15. The van der Waals surface area contributed by atoms with E-state index in [-0.39, 0.29) is 24.7 Å². The van der Waals surface area contributed by atoms with Gasteiger partial charge in [-0.05, 0) is 29.8 Å². The number of aromatic nitrogens is 5. The van der Waals surface area contributed by atoms with E-state index in [1.54, 1.807) is 54.0 Å². The first-order valence-electron chi connectivity index (χ1n) is 10.2. The molecule has 180 valence electrons. The van der Waals surface area contributed by atoms with E-state index in [9.17, 15) is 9.59 Å². The Morgan fingerprint density at radius 3 is 2.09 bits per heavy atom. The Morgan fingerprint density at radius 2 is 1.49 bits per heavy atom. The second-order valence-electron chi connectivity index (χ2n) is 6.84. The Kier molecular flexibility index (Phi) is 9.42. The van der Waals surface area contributed by atoms with Crippen LogP contribution in [0.5, 0.6) is 0 Å². The lowest BCUT2D eigenvalue weighted by Gasteiger charge is -2.01. The molecule has 14 heteroatoms. The molecule has 35 heavy (non-hydrogen) atoms. The fourth-order valence-electron chi connectivity index (χ4n) is 2.72. The molecule has 2 N–H and O–H groups in total. The topological polar surface area (TPSA) is 123 Å². The third kappa shape index (κ3) is 8.54. The summed E-state index contributed by atoms with van der Waals surface area (Å²) in [4.78, 5) is 28.5. The maximum Gasteiger partial charge on any atom is 0.232 e. The van der Waals surface area contributed by atoms with Crippen molar-refractivity contribution in [3.8, 4) is 0 Å². The van der Waals surface area contributed by atoms with Crippen LogP contribution in [0.25, 0.3) is 0 Å². The predicted octanol–water partition coefficient (Wildman–Crippen LogP) is 4.68. The highest BCUT2D eigenvalue weighted by atomic mass is 35.5. The van der Waals surface area contributed by atoms with Crippen molar-refractivity contribution in [1.29, 1.82) is 0 Å². The van der Waals surface area contributed by atoms with Crippen LogP contribution in [0, 0.1) is 0 Å². The van der Waals surface area contributed by atoms with Crippen LogP contribution in [-0.4, -0.2) is 48.7 Å². The Hall–Kier alpha value is -2.58. The van der Waals surface area contributed by atoms with Crippen molar-refractivity contribution in [2.75, 3.05) is 22.1 Å². The molecule has 0 fully saturated rings. The largest absolute Gasteiger partial charge is 0.300 e. The molecule has 0 saturated carbocycles. The zero-order chi connectivity index (χ0) is 24.5. The third-order valence-electron chi connectivity index (χ3n) is 4.16. The molecule has 4 aromatic rings. The van der Waals surface area contributed by atoms with Gasteiger partial charge < -0.3 is 10.6 Å². The van der Waals surface area contributed by atoms with Crippen molar-refractivity contribution in [1.82, 2.24) is 25.4 Å². The minimum Gasteiger partial charge on any atom is -0.300 e. The fourth-order valence-corrected chi connectivity index (χ4v) is 6.58. The summed E-state index contributed by atoms with van der Waals surface area (Å²) < 4.78 is 1.54. The van der Waals surface area contributed by atoms with E-state index in [1.165, 1.54) is 22.7 Å². The summed E-state index contributed by atoms with van der Waals surface area (Å²) in [6.45, 7) is 0. The number of rotatable bonds is 11. The van der Waals surface area contributed by atoms with E-state index in [2.05, 4.69) is 36.0 Å². The summed E-state index contributed by atoms with van der Waals surface area (Å²) in [5, 5.41) is 23.3. The third-order valence-corrected chi connectivity index (χ3v) is 8.60. The van der Waals surface area contributed by atoms with Crippen LogP contribution in [0.1, 0.15) is 11.3 Å². The average Bonchev–Trinajstić information content (AvgIpc) is 3.46. The molecule has 4 rings (SSSR count). The van der Waals surface area contributed by atoms with E-state index < -0.39 is 0 Å². The molecule has 3 heterocycles. The van der Waals surface area contributed by atoms with Crippen LogP contribution in [0.4, 0.5) is 10.3 Å². The van der Waals surface area contributed by atoms with Gasteiger partial charge in [-0.15, -0.1) is 20.4 Å². The molecule has 0 aliphatic heterocycles. The number of thioether (sulfide) groups is 2. The number of hydrogen-bond acceptors (Lipinski definition) is 11. The SMILES string of the molecule is O=C(Cc1cccc(Cl)c1)Nc1nnc(SCCSc2nnc(NC(=O)Cc3ccccn3)s2)s1. The first-order valence-corrected chi connectivity index (χ1v) is 14.2. The number of carbonyl (C=O) groups excluding carboxylic acids is 2. The van der Waals surface area contributed by atoms with E-state index in [0.29, 0.717) is 21.0 Å². The number of carbonyl (C=O) groups is 2. The molecule has 0 spiro atoms. The van der Waals surface area contributed by atoms with Crippen LogP contribution < -0.4 is 10.6 Å². The van der Waals surface area contributed by atoms with Gasteiger partial charge in [0.1, 0.15) is 0 Å². The van der Waals surface area contributed by atoms with E-state index in [0.717, 1.165) is 25.7 Å². The Morgan fingerprint density at radius 1 is 0.829 bits per heavy atom. The summed E-state index contributed by atoms with van der Waals surface area (Å²) in [5.41, 5.74) is 1.53. The van der Waals surface area contributed by atoms with Gasteiger partial charge in [0.25, 0.3) is 0 Å². The summed E-state index contributed by atoms with van der Waals surface area (Å²) in [6.07, 6.45) is 2.05. The molecule has 0 aliphatic rings. The van der Waals surface area contributed by atoms with Crippen molar-refractivity contribution in [3.05, 3.63) is 64.9 Å². The van der Waals surface area contributed by atoms with Gasteiger partial charge in [-0.3, -0.25) is 14.6 Å². The number of pyridine rings is 1. The lowest BCUT2D eigenvalue weighted by Crippen LogP contribution is -2.14. The van der Waals surface area contributed by atoms with Crippen molar-refractivity contribution in [3.63, 3.8) is 0 Å². The maximum absolute atomic E-state index is 12.2. The minimum atomic E-state index is -0.182. The average molecular weight is 564 g/mol. The highest BCUT2D eigenvalue weighted by Gasteiger charge is 2.12. The summed E-state index contributed by atoms with van der Waals surface area (Å²) in [6, 6.07) is 12.6. The number of amides is 2. The van der Waals surface area contributed by atoms with Gasteiger partial charge >= 0.3 is 0 Å². The number of hydrogen-bond donors (Lipinski definition) is 2. The summed E-state index contributed by atoms with van der Waals surface area (Å²) >= 11 is 11.7. The summed E-state index contributed by atoms with van der Waals surface area (Å²) in [7, 11) is 0. The lowest BCUT2D eigenvalue weighted by molar-refractivity contribution is -0.116. The monoisotopic (exact) mass is 563 g/mol. The molecule has 1 aromatic carbocycles. The van der Waals surface area contributed by atoms with Gasteiger partial charge in [0.05, 0.1) is 12.8 Å². The van der Waals surface area contributed by atoms with Crippen LogP contribution in [0.15, 0.2) is 57.3 Å². The van der Waals surface area contributed by atoms with Crippen molar-refractivity contribution >= 4 is 79.9 Å². The first-order chi connectivity index (χ1) is 17.0. The molecule has 0 bridgehead atoms. The van der Waals surface area contributed by atoms with Gasteiger partial charge in [0, 0.05) is 28.4 Å². The Bertz CT molecular complexity index is 1290. The van der Waals surface area contributed by atoms with Gasteiger partial charge in [0.15, 0.2) is 8.68 Å². The molecule has 3 aromatic heterocycles. The highest BCUT2D eigenvalue weighted by molar-refractivity contribution is 8.04. The van der Waals surface area contributed by atoms with Crippen LogP contribution in [0.2, 0.25) is 5.02 Å². The highest BCUT2D eigenvalue weighted by Crippen LogP contribution is 2.29. The minimum absolute atomic E-state index is 0.172. The molecule has 9 nitrogen and oxygen atoms in total. The van der Waals surface area contributed by atoms with Crippen molar-refractivity contribution in [2.24, 2.45) is 0 Å². The second-order valence-corrected chi connectivity index (χ2v) is 11.9. The maximum atomic E-state index is 12.2. The van der Waals surface area contributed by atoms with E-state index in [4.69, 9.17) is 11.6 Å². The smallest absolute Gasteiger partial charge is 0.232 e. The van der Waals surface area contributed by atoms with E-state index >= 15 is 0 Å². The van der Waals surface area contributed by atoms with Gasteiger partial charge in [-0.2, -0.15) is 0 Å². The zero-order valence-corrected chi connectivity index (χ0v) is 22.0. The molecular formula is C21H18ClN7O2S4. The molecule has 2 amide bonds. The number of halogens is 1. The molecule has 0 saturated heterocycles. The van der Waals surface area contributed by atoms with E-state index in [1.807, 2.05) is 18.2 Å². The molecular weight excluding hydrogens is 546 g/mol. The van der Waals surface area contributed by atoms with Crippen LogP contribution in [-0.2, 0) is 22.4 Å². The number of nitrogens with one attached hydrogen (secondary N) is 2. The fraction of sp³-hybridized carbons (Fsp3) is 0.190. The van der Waals surface area contributed by atoms with Gasteiger partial charge in [-0.1, -0.05) is 76.0 Å². The number of anilines is 2.